The van der Waals surface area contributed by atoms with E-state index in [-0.39, 0.29) is 19.1 Å². The lowest BCUT2D eigenvalue weighted by Crippen LogP contribution is -2.49. The highest BCUT2D eigenvalue weighted by Crippen LogP contribution is 2.44. The number of fused-ring (bicyclic) bond motifs is 3. The molecule has 0 fully saturated rings. The van der Waals surface area contributed by atoms with E-state index in [1.165, 1.54) is 0 Å². The van der Waals surface area contributed by atoms with Gasteiger partial charge in [-0.25, -0.2) is 4.79 Å². The molecule has 8 nitrogen and oxygen atoms in total. The summed E-state index contributed by atoms with van der Waals surface area (Å²) in [7, 11) is 0. The Kier molecular flexibility index (Phi) is 6.84. The van der Waals surface area contributed by atoms with E-state index in [2.05, 4.69) is 0 Å². The summed E-state index contributed by atoms with van der Waals surface area (Å²) < 4.78 is 10.7. The number of nitrogens with zero attached hydrogens (tertiary/aromatic N) is 1. The lowest BCUT2D eigenvalue weighted by Gasteiger charge is -2.26. The molecule has 1 aliphatic carbocycles. The molecule has 1 aliphatic rings. The number of benzene rings is 2. The highest BCUT2D eigenvalue weighted by atomic mass is 16.6. The summed E-state index contributed by atoms with van der Waals surface area (Å²) in [5.74, 6) is -2.13. The van der Waals surface area contributed by atoms with Gasteiger partial charge in [-0.3, -0.25) is 14.5 Å². The molecule has 0 aromatic heterocycles. The molecule has 1 unspecified atom stereocenters. The number of nitrogens with two attached hydrogens (primary N) is 1. The number of carboxylic acids is 1. The Labute approximate surface area is 186 Å². The molecule has 0 radical (unpaired) electrons. The third-order valence-corrected chi connectivity index (χ3v) is 5.05. The monoisotopic (exact) mass is 440 g/mol. The molecular weight excluding hydrogens is 412 g/mol. The maximum atomic E-state index is 12.7. The molecule has 0 spiro atoms. The summed E-state index contributed by atoms with van der Waals surface area (Å²) in [5, 5.41) is 9.20. The van der Waals surface area contributed by atoms with Gasteiger partial charge in [-0.2, -0.15) is 0 Å². The smallest absolute Gasteiger partial charge is 0.410 e. The Morgan fingerprint density at radius 1 is 1.03 bits per heavy atom. The molecule has 8 heteroatoms. The summed E-state index contributed by atoms with van der Waals surface area (Å²) in [4.78, 5) is 37.1. The zero-order valence-electron chi connectivity index (χ0n) is 18.4. The van der Waals surface area contributed by atoms with Crippen LogP contribution < -0.4 is 5.73 Å². The number of rotatable bonds is 7. The predicted octanol–water partition coefficient (Wildman–Crippen LogP) is 2.99. The molecule has 3 N–H and O–H groups in total. The van der Waals surface area contributed by atoms with Crippen LogP contribution in [0.2, 0.25) is 0 Å². The van der Waals surface area contributed by atoms with Gasteiger partial charge in [0, 0.05) is 5.92 Å². The standard InChI is InChI=1S/C24H28N2O6/c1-24(2,3)32-22(29)20(25)12-26(13-21(27)28)23(30)31-14-19-17-10-6-4-8-15(17)16-9-5-7-11-18(16)19/h4-11,19-20H,12-14,25H2,1-3H3,(H,27,28). The van der Waals surface area contributed by atoms with Crippen LogP contribution in [-0.2, 0) is 19.1 Å². The molecule has 0 saturated carbocycles. The Bertz CT molecular complexity index is 968. The second kappa shape index (κ2) is 9.40. The highest BCUT2D eigenvalue weighted by molar-refractivity contribution is 5.81. The SMILES string of the molecule is CC(C)(C)OC(=O)C(N)CN(CC(=O)O)C(=O)OCC1c2ccccc2-c2ccccc21. The third kappa shape index (κ3) is 5.45. The number of aliphatic carboxylic acids is 1. The number of esters is 1. The molecule has 0 bridgehead atoms. The van der Waals surface area contributed by atoms with E-state index in [0.717, 1.165) is 27.2 Å². The highest BCUT2D eigenvalue weighted by Gasteiger charge is 2.31. The Balaban J connectivity index is 1.71. The average Bonchev–Trinajstić information content (AvgIpc) is 3.03. The molecule has 2 aromatic rings. The van der Waals surface area contributed by atoms with Crippen molar-refractivity contribution in [2.45, 2.75) is 38.3 Å². The first-order valence-electron chi connectivity index (χ1n) is 10.4. The van der Waals surface area contributed by atoms with Crippen LogP contribution in [0.4, 0.5) is 4.79 Å². The van der Waals surface area contributed by atoms with Crippen LogP contribution in [0.25, 0.3) is 11.1 Å². The fourth-order valence-corrected chi connectivity index (χ4v) is 3.74. The Morgan fingerprint density at radius 3 is 2.06 bits per heavy atom. The van der Waals surface area contributed by atoms with Gasteiger partial charge in [0.1, 0.15) is 24.8 Å². The summed E-state index contributed by atoms with van der Waals surface area (Å²) in [5.41, 5.74) is 9.35. The van der Waals surface area contributed by atoms with Crippen LogP contribution in [0.1, 0.15) is 37.8 Å². The van der Waals surface area contributed by atoms with E-state index in [1.807, 2.05) is 48.5 Å². The van der Waals surface area contributed by atoms with Crippen molar-refractivity contribution in [2.24, 2.45) is 5.73 Å². The van der Waals surface area contributed by atoms with Gasteiger partial charge in [0.05, 0.1) is 6.54 Å². The fourth-order valence-electron chi connectivity index (χ4n) is 3.74. The number of carbonyl (C=O) groups excluding carboxylic acids is 2. The largest absolute Gasteiger partial charge is 0.480 e. The lowest BCUT2D eigenvalue weighted by molar-refractivity contribution is -0.157. The van der Waals surface area contributed by atoms with E-state index in [4.69, 9.17) is 15.2 Å². The minimum Gasteiger partial charge on any atom is -0.480 e. The van der Waals surface area contributed by atoms with Gasteiger partial charge in [0.2, 0.25) is 0 Å². The van der Waals surface area contributed by atoms with Crippen molar-refractivity contribution in [3.63, 3.8) is 0 Å². The van der Waals surface area contributed by atoms with Gasteiger partial charge >= 0.3 is 18.0 Å². The van der Waals surface area contributed by atoms with Crippen LogP contribution in [0.15, 0.2) is 48.5 Å². The number of ether oxygens (including phenoxy) is 2. The average molecular weight is 440 g/mol. The minimum absolute atomic E-state index is 0.0324. The maximum absolute atomic E-state index is 12.7. The lowest BCUT2D eigenvalue weighted by atomic mass is 9.98. The first kappa shape index (κ1) is 23.3. The van der Waals surface area contributed by atoms with Crippen molar-refractivity contribution in [3.8, 4) is 11.1 Å². The molecule has 0 saturated heterocycles. The summed E-state index contributed by atoms with van der Waals surface area (Å²) >= 11 is 0. The van der Waals surface area contributed by atoms with E-state index in [1.54, 1.807) is 20.8 Å². The zero-order chi connectivity index (χ0) is 23.5. The molecule has 2 aromatic carbocycles. The van der Waals surface area contributed by atoms with Crippen molar-refractivity contribution in [3.05, 3.63) is 59.7 Å². The van der Waals surface area contributed by atoms with Crippen molar-refractivity contribution >= 4 is 18.0 Å². The molecule has 1 atom stereocenters. The van der Waals surface area contributed by atoms with Gasteiger partial charge in [-0.15, -0.1) is 0 Å². The Morgan fingerprint density at radius 2 is 1.56 bits per heavy atom. The van der Waals surface area contributed by atoms with Gasteiger partial charge in [0.25, 0.3) is 0 Å². The Hall–Kier alpha value is -3.39. The molecular formula is C24H28N2O6. The molecule has 3 rings (SSSR count). The van der Waals surface area contributed by atoms with Crippen molar-refractivity contribution < 1.29 is 29.0 Å². The van der Waals surface area contributed by atoms with E-state index in [9.17, 15) is 19.5 Å². The molecule has 1 amide bonds. The first-order valence-corrected chi connectivity index (χ1v) is 10.4. The second-order valence-electron chi connectivity index (χ2n) is 8.72. The van der Waals surface area contributed by atoms with Gasteiger partial charge in [0.15, 0.2) is 0 Å². The summed E-state index contributed by atoms with van der Waals surface area (Å²) in [6, 6.07) is 14.6. The van der Waals surface area contributed by atoms with Crippen LogP contribution in [0.5, 0.6) is 0 Å². The number of carboxylic acid groups (broad SMARTS) is 1. The zero-order valence-corrected chi connectivity index (χ0v) is 18.4. The van der Waals surface area contributed by atoms with Crippen LogP contribution in [0.3, 0.4) is 0 Å². The summed E-state index contributed by atoms with van der Waals surface area (Å²) in [6.07, 6.45) is -0.853. The maximum Gasteiger partial charge on any atom is 0.410 e. The molecule has 0 aliphatic heterocycles. The number of carbonyl (C=O) groups is 3. The van der Waals surface area contributed by atoms with Crippen molar-refractivity contribution in [1.82, 2.24) is 4.90 Å². The summed E-state index contributed by atoms with van der Waals surface area (Å²) in [6.45, 7) is 4.13. The van der Waals surface area contributed by atoms with Crippen LogP contribution in [-0.4, -0.2) is 59.4 Å². The molecule has 170 valence electrons. The molecule has 32 heavy (non-hydrogen) atoms. The van der Waals surface area contributed by atoms with Gasteiger partial charge in [-0.1, -0.05) is 48.5 Å². The van der Waals surface area contributed by atoms with E-state index < -0.39 is 36.2 Å². The second-order valence-corrected chi connectivity index (χ2v) is 8.72. The van der Waals surface area contributed by atoms with Gasteiger partial charge < -0.3 is 20.3 Å². The predicted molar refractivity (Wildman–Crippen MR) is 118 cm³/mol. The third-order valence-electron chi connectivity index (χ3n) is 5.05. The number of hydrogen-bond donors (Lipinski definition) is 2. The van der Waals surface area contributed by atoms with Crippen LogP contribution >= 0.6 is 0 Å². The fraction of sp³-hybridized carbons (Fsp3) is 0.375. The topological polar surface area (TPSA) is 119 Å². The van der Waals surface area contributed by atoms with Crippen molar-refractivity contribution in [2.75, 3.05) is 19.7 Å². The molecule has 0 heterocycles. The quantitative estimate of drug-likeness (QED) is 0.635. The number of hydrogen-bond acceptors (Lipinski definition) is 6. The van der Waals surface area contributed by atoms with Crippen molar-refractivity contribution in [1.29, 1.82) is 0 Å². The van der Waals surface area contributed by atoms with Crippen LogP contribution in [0, 0.1) is 0 Å². The first-order chi connectivity index (χ1) is 15.1. The van der Waals surface area contributed by atoms with E-state index in [0.29, 0.717) is 0 Å². The number of amides is 1. The van der Waals surface area contributed by atoms with E-state index >= 15 is 0 Å². The normalized spacial score (nSPS) is 13.6. The van der Waals surface area contributed by atoms with Gasteiger partial charge in [-0.05, 0) is 43.0 Å². The minimum atomic E-state index is -1.24.